The van der Waals surface area contributed by atoms with Crippen molar-refractivity contribution in [3.63, 3.8) is 0 Å². The van der Waals surface area contributed by atoms with Crippen molar-refractivity contribution >= 4 is 11.6 Å². The smallest absolute Gasteiger partial charge is 0.295 e. The normalized spacial score (nSPS) is 10.1. The van der Waals surface area contributed by atoms with Crippen molar-refractivity contribution in [1.82, 2.24) is 15.2 Å². The lowest BCUT2D eigenvalue weighted by atomic mass is 10.3. The Morgan fingerprint density at radius 2 is 2.12 bits per heavy atom. The summed E-state index contributed by atoms with van der Waals surface area (Å²) in [5.74, 6) is 0.570. The molecule has 1 heterocycles. The standard InChI is InChI=1S/C11H12N4O/c1-2-9-13-10(15-14-9)11(16)12-8-6-4-3-5-7-8/h3-7H,2H2,1H3,(H,12,16)(H,13,14,15). The fourth-order valence-electron chi connectivity index (χ4n) is 1.26. The molecule has 0 fully saturated rings. The molecule has 2 aromatic rings. The van der Waals surface area contributed by atoms with E-state index in [2.05, 4.69) is 20.5 Å². The van der Waals surface area contributed by atoms with Gasteiger partial charge in [0.25, 0.3) is 5.91 Å². The van der Waals surface area contributed by atoms with Crippen molar-refractivity contribution in [2.24, 2.45) is 0 Å². The molecule has 1 aromatic carbocycles. The summed E-state index contributed by atoms with van der Waals surface area (Å²) < 4.78 is 0. The van der Waals surface area contributed by atoms with Gasteiger partial charge >= 0.3 is 0 Å². The summed E-state index contributed by atoms with van der Waals surface area (Å²) >= 11 is 0. The summed E-state index contributed by atoms with van der Waals surface area (Å²) in [6.07, 6.45) is 0.728. The van der Waals surface area contributed by atoms with Crippen LogP contribution in [0.1, 0.15) is 23.4 Å². The Balaban J connectivity index is 2.09. The van der Waals surface area contributed by atoms with Crippen LogP contribution >= 0.6 is 0 Å². The molecule has 2 rings (SSSR count). The monoisotopic (exact) mass is 216 g/mol. The van der Waals surface area contributed by atoms with Crippen LogP contribution in [0.5, 0.6) is 0 Å². The zero-order valence-corrected chi connectivity index (χ0v) is 8.90. The molecule has 0 saturated carbocycles. The van der Waals surface area contributed by atoms with E-state index in [-0.39, 0.29) is 11.7 Å². The first-order valence-electron chi connectivity index (χ1n) is 5.07. The van der Waals surface area contributed by atoms with E-state index in [9.17, 15) is 4.79 Å². The minimum absolute atomic E-state index is 0.167. The summed E-state index contributed by atoms with van der Waals surface area (Å²) in [5, 5.41) is 9.25. The van der Waals surface area contributed by atoms with Gasteiger partial charge in [-0.05, 0) is 12.1 Å². The highest BCUT2D eigenvalue weighted by molar-refractivity contribution is 6.01. The summed E-state index contributed by atoms with van der Waals surface area (Å²) in [7, 11) is 0. The lowest BCUT2D eigenvalue weighted by Crippen LogP contribution is -2.13. The molecule has 1 amide bonds. The zero-order chi connectivity index (χ0) is 11.4. The van der Waals surface area contributed by atoms with E-state index in [0.29, 0.717) is 5.82 Å². The van der Waals surface area contributed by atoms with Gasteiger partial charge in [0, 0.05) is 12.1 Å². The maximum atomic E-state index is 11.7. The summed E-state index contributed by atoms with van der Waals surface area (Å²) in [6, 6.07) is 9.21. The Morgan fingerprint density at radius 3 is 2.75 bits per heavy atom. The fourth-order valence-corrected chi connectivity index (χ4v) is 1.26. The number of nitrogens with one attached hydrogen (secondary N) is 2. The third-order valence-corrected chi connectivity index (χ3v) is 2.10. The SMILES string of the molecule is CCc1nc(C(=O)Nc2ccccc2)n[nH]1. The minimum atomic E-state index is -0.304. The molecule has 2 N–H and O–H groups in total. The molecule has 5 nitrogen and oxygen atoms in total. The molecule has 0 aliphatic carbocycles. The predicted molar refractivity (Wildman–Crippen MR) is 60.2 cm³/mol. The summed E-state index contributed by atoms with van der Waals surface area (Å²) in [4.78, 5) is 15.7. The van der Waals surface area contributed by atoms with Crippen LogP contribution in [0, 0.1) is 0 Å². The number of hydrogen-bond donors (Lipinski definition) is 2. The number of aromatic nitrogens is 3. The fraction of sp³-hybridized carbons (Fsp3) is 0.182. The van der Waals surface area contributed by atoms with E-state index in [1.54, 1.807) is 0 Å². The Hall–Kier alpha value is -2.17. The molecule has 82 valence electrons. The highest BCUT2D eigenvalue weighted by Crippen LogP contribution is 2.06. The Morgan fingerprint density at radius 1 is 1.38 bits per heavy atom. The minimum Gasteiger partial charge on any atom is -0.319 e. The van der Waals surface area contributed by atoms with Gasteiger partial charge in [0.1, 0.15) is 5.82 Å². The third-order valence-electron chi connectivity index (χ3n) is 2.10. The highest BCUT2D eigenvalue weighted by Gasteiger charge is 2.11. The number of rotatable bonds is 3. The number of hydrogen-bond acceptors (Lipinski definition) is 3. The average Bonchev–Trinajstić information content (AvgIpc) is 2.79. The van der Waals surface area contributed by atoms with Crippen molar-refractivity contribution < 1.29 is 4.79 Å². The number of nitrogens with zero attached hydrogens (tertiary/aromatic N) is 2. The maximum Gasteiger partial charge on any atom is 0.295 e. The molecule has 1 aromatic heterocycles. The summed E-state index contributed by atoms with van der Waals surface area (Å²) in [6.45, 7) is 1.94. The number of carbonyl (C=O) groups excluding carboxylic acids is 1. The van der Waals surface area contributed by atoms with Gasteiger partial charge in [0.15, 0.2) is 0 Å². The van der Waals surface area contributed by atoms with Gasteiger partial charge < -0.3 is 5.32 Å². The number of para-hydroxylation sites is 1. The van der Waals surface area contributed by atoms with E-state index in [1.807, 2.05) is 37.3 Å². The van der Waals surface area contributed by atoms with Crippen molar-refractivity contribution in [2.45, 2.75) is 13.3 Å². The van der Waals surface area contributed by atoms with Gasteiger partial charge in [-0.2, -0.15) is 0 Å². The topological polar surface area (TPSA) is 70.7 Å². The second kappa shape index (κ2) is 4.57. The molecule has 16 heavy (non-hydrogen) atoms. The van der Waals surface area contributed by atoms with E-state index >= 15 is 0 Å². The molecular weight excluding hydrogens is 204 g/mol. The maximum absolute atomic E-state index is 11.7. The predicted octanol–water partition coefficient (Wildman–Crippen LogP) is 1.62. The van der Waals surface area contributed by atoms with Gasteiger partial charge in [-0.3, -0.25) is 9.89 Å². The molecule has 0 atom stereocenters. The zero-order valence-electron chi connectivity index (χ0n) is 8.90. The van der Waals surface area contributed by atoms with Crippen LogP contribution in [-0.4, -0.2) is 21.1 Å². The van der Waals surface area contributed by atoms with Crippen LogP contribution in [0.3, 0.4) is 0 Å². The number of carbonyl (C=O) groups is 1. The van der Waals surface area contributed by atoms with Gasteiger partial charge in [0.2, 0.25) is 5.82 Å². The lowest BCUT2D eigenvalue weighted by Gasteiger charge is -2.00. The number of amides is 1. The quantitative estimate of drug-likeness (QED) is 0.819. The van der Waals surface area contributed by atoms with Gasteiger partial charge in [-0.15, -0.1) is 5.10 Å². The van der Waals surface area contributed by atoms with E-state index in [0.717, 1.165) is 12.1 Å². The molecule has 0 bridgehead atoms. The lowest BCUT2D eigenvalue weighted by molar-refractivity contribution is 0.101. The molecule has 0 aliphatic rings. The average molecular weight is 216 g/mol. The Kier molecular flexibility index (Phi) is 2.95. The number of benzene rings is 1. The van der Waals surface area contributed by atoms with Gasteiger partial charge in [-0.25, -0.2) is 4.98 Å². The third kappa shape index (κ3) is 2.25. The first kappa shape index (κ1) is 10.4. The second-order valence-electron chi connectivity index (χ2n) is 3.28. The Labute approximate surface area is 92.9 Å². The summed E-state index contributed by atoms with van der Waals surface area (Å²) in [5.41, 5.74) is 0.732. The number of anilines is 1. The highest BCUT2D eigenvalue weighted by atomic mass is 16.2. The van der Waals surface area contributed by atoms with E-state index in [4.69, 9.17) is 0 Å². The van der Waals surface area contributed by atoms with Crippen LogP contribution in [0.2, 0.25) is 0 Å². The number of H-pyrrole nitrogens is 1. The van der Waals surface area contributed by atoms with Crippen molar-refractivity contribution in [3.05, 3.63) is 42.0 Å². The molecule has 0 unspecified atom stereocenters. The first-order valence-corrected chi connectivity index (χ1v) is 5.07. The number of aromatic amines is 1. The first-order chi connectivity index (χ1) is 7.79. The van der Waals surface area contributed by atoms with Gasteiger partial charge in [0.05, 0.1) is 0 Å². The Bertz CT molecular complexity index is 478. The van der Waals surface area contributed by atoms with Crippen LogP contribution < -0.4 is 5.32 Å². The van der Waals surface area contributed by atoms with Gasteiger partial charge in [-0.1, -0.05) is 25.1 Å². The molecule has 0 radical (unpaired) electrons. The number of aryl methyl sites for hydroxylation is 1. The molecule has 5 heteroatoms. The largest absolute Gasteiger partial charge is 0.319 e. The molecule has 0 spiro atoms. The van der Waals surface area contributed by atoms with Crippen molar-refractivity contribution in [2.75, 3.05) is 5.32 Å². The van der Waals surface area contributed by atoms with E-state index in [1.165, 1.54) is 0 Å². The van der Waals surface area contributed by atoms with E-state index < -0.39 is 0 Å². The van der Waals surface area contributed by atoms with Crippen LogP contribution in [0.15, 0.2) is 30.3 Å². The van der Waals surface area contributed by atoms with Crippen LogP contribution in [0.25, 0.3) is 0 Å². The van der Waals surface area contributed by atoms with Crippen molar-refractivity contribution in [3.8, 4) is 0 Å². The van der Waals surface area contributed by atoms with Crippen molar-refractivity contribution in [1.29, 1.82) is 0 Å². The molecule has 0 saturated heterocycles. The second-order valence-corrected chi connectivity index (χ2v) is 3.28. The van der Waals surface area contributed by atoms with Crippen LogP contribution in [0.4, 0.5) is 5.69 Å². The molecule has 0 aliphatic heterocycles. The molecular formula is C11H12N4O. The van der Waals surface area contributed by atoms with Crippen LogP contribution in [-0.2, 0) is 6.42 Å².